The van der Waals surface area contributed by atoms with Gasteiger partial charge in [-0.25, -0.2) is 0 Å². The van der Waals surface area contributed by atoms with Gasteiger partial charge in [0, 0.05) is 13.0 Å². The highest BCUT2D eigenvalue weighted by Gasteiger charge is 2.07. The second-order valence-electron chi connectivity index (χ2n) is 4.26. The highest BCUT2D eigenvalue weighted by atomic mass is 79.9. The van der Waals surface area contributed by atoms with E-state index in [1.807, 2.05) is 30.3 Å². The van der Waals surface area contributed by atoms with Gasteiger partial charge < -0.3 is 5.32 Å². The summed E-state index contributed by atoms with van der Waals surface area (Å²) in [6.07, 6.45) is 1.56. The Morgan fingerprint density at radius 1 is 1.11 bits per heavy atom. The van der Waals surface area contributed by atoms with Crippen molar-refractivity contribution in [3.63, 3.8) is 0 Å². The summed E-state index contributed by atoms with van der Waals surface area (Å²) in [5.41, 5.74) is 1.32. The van der Waals surface area contributed by atoms with Crippen LogP contribution in [0.2, 0.25) is 0 Å². The third-order valence-corrected chi connectivity index (χ3v) is 4.47. The Hall–Kier alpha value is -0.970. The largest absolute Gasteiger partial charge is 0.316 e. The van der Waals surface area contributed by atoms with Crippen LogP contribution in [0.15, 0.2) is 46.3 Å². The van der Waals surface area contributed by atoms with Crippen LogP contribution in [0, 0.1) is 0 Å². The van der Waals surface area contributed by atoms with Crippen molar-refractivity contribution >= 4 is 33.0 Å². The Balaban J connectivity index is 1.63. The van der Waals surface area contributed by atoms with Gasteiger partial charge in [-0.3, -0.25) is 4.79 Å². The fourth-order valence-electron chi connectivity index (χ4n) is 1.79. The van der Waals surface area contributed by atoms with Crippen LogP contribution < -0.4 is 5.32 Å². The summed E-state index contributed by atoms with van der Waals surface area (Å²) in [5, 5.41) is 3.31. The molecule has 0 saturated carbocycles. The first kappa shape index (κ1) is 14.4. The summed E-state index contributed by atoms with van der Waals surface area (Å²) in [6.45, 7) is 1.65. The topological polar surface area (TPSA) is 29.1 Å². The molecule has 1 aromatic heterocycles. The number of thiophene rings is 1. The molecule has 0 unspecified atom stereocenters. The van der Waals surface area contributed by atoms with E-state index >= 15 is 0 Å². The Labute approximate surface area is 126 Å². The average molecular weight is 338 g/mol. The molecule has 2 nitrogen and oxygen atoms in total. The first-order chi connectivity index (χ1) is 9.25. The molecular weight excluding hydrogens is 322 g/mol. The van der Waals surface area contributed by atoms with Gasteiger partial charge in [-0.1, -0.05) is 30.3 Å². The van der Waals surface area contributed by atoms with Crippen molar-refractivity contribution in [2.24, 2.45) is 0 Å². The van der Waals surface area contributed by atoms with Gasteiger partial charge in [0.05, 0.1) is 8.66 Å². The second kappa shape index (κ2) is 7.58. The van der Waals surface area contributed by atoms with Crippen LogP contribution in [-0.2, 0) is 6.42 Å². The molecule has 1 N–H and O–H groups in total. The average Bonchev–Trinajstić information content (AvgIpc) is 2.86. The van der Waals surface area contributed by atoms with E-state index in [2.05, 4.69) is 33.4 Å². The number of ketones is 1. The number of Topliss-reactive ketones (excluding diaryl/α,β-unsaturated/α-hetero) is 1. The van der Waals surface area contributed by atoms with Crippen molar-refractivity contribution in [3.05, 3.63) is 56.7 Å². The van der Waals surface area contributed by atoms with E-state index < -0.39 is 0 Å². The third-order valence-electron chi connectivity index (χ3n) is 2.81. The van der Waals surface area contributed by atoms with Crippen LogP contribution in [-0.4, -0.2) is 18.9 Å². The van der Waals surface area contributed by atoms with Gasteiger partial charge in [0.15, 0.2) is 5.78 Å². The number of hydrogen-bond acceptors (Lipinski definition) is 3. The summed E-state index contributed by atoms with van der Waals surface area (Å²) in [6, 6.07) is 14.2. The molecule has 19 heavy (non-hydrogen) atoms. The quantitative estimate of drug-likeness (QED) is 0.612. The zero-order valence-corrected chi connectivity index (χ0v) is 13.0. The monoisotopic (exact) mass is 337 g/mol. The summed E-state index contributed by atoms with van der Waals surface area (Å²) in [4.78, 5) is 12.7. The predicted octanol–water partition coefficient (Wildman–Crippen LogP) is 3.92. The number of hydrogen-bond donors (Lipinski definition) is 1. The number of rotatable bonds is 7. The molecule has 1 aromatic carbocycles. The van der Waals surface area contributed by atoms with Crippen LogP contribution in [0.4, 0.5) is 0 Å². The van der Waals surface area contributed by atoms with Gasteiger partial charge in [-0.2, -0.15) is 0 Å². The first-order valence-electron chi connectivity index (χ1n) is 6.29. The molecule has 0 radical (unpaired) electrons. The van der Waals surface area contributed by atoms with Crippen molar-refractivity contribution in [2.75, 3.05) is 13.1 Å². The van der Waals surface area contributed by atoms with Gasteiger partial charge in [-0.15, -0.1) is 11.3 Å². The molecule has 0 aliphatic heterocycles. The van der Waals surface area contributed by atoms with Crippen LogP contribution in [0.3, 0.4) is 0 Å². The maximum absolute atomic E-state index is 11.8. The highest BCUT2D eigenvalue weighted by molar-refractivity contribution is 9.11. The van der Waals surface area contributed by atoms with Crippen LogP contribution in [0.25, 0.3) is 0 Å². The van der Waals surface area contributed by atoms with E-state index in [1.54, 1.807) is 0 Å². The molecule has 4 heteroatoms. The Bertz CT molecular complexity index is 524. The third kappa shape index (κ3) is 4.90. The van der Waals surface area contributed by atoms with Crippen molar-refractivity contribution in [2.45, 2.75) is 12.8 Å². The first-order valence-corrected chi connectivity index (χ1v) is 7.90. The molecule has 0 bridgehead atoms. The molecule has 0 aliphatic carbocycles. The number of carbonyl (C=O) groups excluding carboxylic acids is 1. The maximum atomic E-state index is 11.8. The minimum atomic E-state index is 0.211. The minimum Gasteiger partial charge on any atom is -0.316 e. The molecule has 2 aromatic rings. The van der Waals surface area contributed by atoms with Crippen molar-refractivity contribution in [3.8, 4) is 0 Å². The lowest BCUT2D eigenvalue weighted by molar-refractivity contribution is 0.0986. The van der Waals surface area contributed by atoms with Gasteiger partial charge in [0.1, 0.15) is 0 Å². The predicted molar refractivity (Wildman–Crippen MR) is 84.0 cm³/mol. The Morgan fingerprint density at radius 2 is 1.89 bits per heavy atom. The zero-order chi connectivity index (χ0) is 13.5. The van der Waals surface area contributed by atoms with E-state index in [0.717, 1.165) is 28.2 Å². The van der Waals surface area contributed by atoms with Gasteiger partial charge >= 0.3 is 0 Å². The van der Waals surface area contributed by atoms with Crippen LogP contribution in [0.1, 0.15) is 21.7 Å². The fourth-order valence-corrected chi connectivity index (χ4v) is 3.15. The smallest absolute Gasteiger partial charge is 0.174 e. The summed E-state index contributed by atoms with van der Waals surface area (Å²) in [7, 11) is 0. The zero-order valence-electron chi connectivity index (χ0n) is 10.6. The molecule has 100 valence electrons. The van der Waals surface area contributed by atoms with Gasteiger partial charge in [0.2, 0.25) is 0 Å². The summed E-state index contributed by atoms with van der Waals surface area (Å²) in [5.74, 6) is 0.211. The summed E-state index contributed by atoms with van der Waals surface area (Å²) >= 11 is 4.87. The molecule has 0 atom stereocenters. The standard InChI is InChI=1S/C15H16BrNOS/c16-15-7-6-14(19-15)13(18)9-11-17-10-8-12-4-2-1-3-5-12/h1-7,17H,8-11H2. The van der Waals surface area contributed by atoms with E-state index in [1.165, 1.54) is 16.9 Å². The van der Waals surface area contributed by atoms with Gasteiger partial charge in [0.25, 0.3) is 0 Å². The number of nitrogens with one attached hydrogen (secondary N) is 1. The molecule has 0 spiro atoms. The number of carbonyl (C=O) groups is 1. The van der Waals surface area contributed by atoms with Crippen molar-refractivity contribution in [1.82, 2.24) is 5.32 Å². The van der Waals surface area contributed by atoms with E-state index in [9.17, 15) is 4.79 Å². The molecule has 0 aliphatic rings. The van der Waals surface area contributed by atoms with E-state index in [-0.39, 0.29) is 5.78 Å². The SMILES string of the molecule is O=C(CCNCCc1ccccc1)c1ccc(Br)s1. The fraction of sp³-hybridized carbons (Fsp3) is 0.267. The molecule has 2 rings (SSSR count). The van der Waals surface area contributed by atoms with Crippen LogP contribution >= 0.6 is 27.3 Å². The lowest BCUT2D eigenvalue weighted by atomic mass is 10.1. The Kier molecular flexibility index (Phi) is 5.76. The molecular formula is C15H16BrNOS. The maximum Gasteiger partial charge on any atom is 0.174 e. The Morgan fingerprint density at radius 3 is 2.58 bits per heavy atom. The second-order valence-corrected chi connectivity index (χ2v) is 6.73. The van der Waals surface area contributed by atoms with Crippen molar-refractivity contribution < 1.29 is 4.79 Å². The molecule has 0 saturated heterocycles. The normalized spacial score (nSPS) is 10.6. The lowest BCUT2D eigenvalue weighted by Gasteiger charge is -2.04. The van der Waals surface area contributed by atoms with Gasteiger partial charge in [-0.05, 0) is 46.6 Å². The highest BCUT2D eigenvalue weighted by Crippen LogP contribution is 2.22. The molecule has 1 heterocycles. The van der Waals surface area contributed by atoms with Crippen LogP contribution in [0.5, 0.6) is 0 Å². The minimum absolute atomic E-state index is 0.211. The van der Waals surface area contributed by atoms with E-state index in [4.69, 9.17) is 0 Å². The lowest BCUT2D eigenvalue weighted by Crippen LogP contribution is -2.20. The molecule has 0 fully saturated rings. The summed E-state index contributed by atoms with van der Waals surface area (Å²) < 4.78 is 1.01. The van der Waals surface area contributed by atoms with E-state index in [0.29, 0.717) is 6.42 Å². The van der Waals surface area contributed by atoms with Crippen molar-refractivity contribution in [1.29, 1.82) is 0 Å². The number of benzene rings is 1. The number of halogens is 1. The molecule has 0 amide bonds.